The standard InChI is InChI=1S/C23H29N5O2/c1-15-4-2-7-18(24-15)13-27-10-8-17(12-27)21-25-20-14-28(23(30)16-5-3-6-16)11-9-19(20)22(29)26-21/h2,4,7,16-17H,3,5-6,8-14H2,1H3,(H,25,26,29)/t17-/m1/s1. The van der Waals surface area contributed by atoms with Crippen LogP contribution < -0.4 is 5.56 Å². The molecular weight excluding hydrogens is 378 g/mol. The number of carbonyl (C=O) groups excluding carboxylic acids is 1. The zero-order chi connectivity index (χ0) is 20.7. The molecular formula is C23H29N5O2. The largest absolute Gasteiger partial charge is 0.336 e. The first-order chi connectivity index (χ1) is 14.6. The number of pyridine rings is 1. The van der Waals surface area contributed by atoms with Crippen LogP contribution in [0.2, 0.25) is 0 Å². The number of likely N-dealkylation sites (tertiary alicyclic amines) is 1. The molecule has 0 unspecified atom stereocenters. The highest BCUT2D eigenvalue weighted by molar-refractivity contribution is 5.79. The molecule has 0 bridgehead atoms. The Morgan fingerprint density at radius 1 is 1.20 bits per heavy atom. The number of fused-ring (bicyclic) bond motifs is 1. The number of aromatic nitrogens is 3. The molecule has 0 spiro atoms. The molecule has 2 aliphatic heterocycles. The van der Waals surface area contributed by atoms with Gasteiger partial charge in [-0.2, -0.15) is 0 Å². The topological polar surface area (TPSA) is 82.2 Å². The quantitative estimate of drug-likeness (QED) is 0.840. The van der Waals surface area contributed by atoms with Gasteiger partial charge in [0, 0.05) is 42.7 Å². The lowest BCUT2D eigenvalue weighted by Gasteiger charge is -2.34. The van der Waals surface area contributed by atoms with Gasteiger partial charge in [0.1, 0.15) is 5.82 Å². The van der Waals surface area contributed by atoms with Gasteiger partial charge in [-0.15, -0.1) is 0 Å². The van der Waals surface area contributed by atoms with Gasteiger partial charge in [-0.25, -0.2) is 4.98 Å². The summed E-state index contributed by atoms with van der Waals surface area (Å²) in [5.74, 6) is 1.42. The van der Waals surface area contributed by atoms with Gasteiger partial charge in [-0.3, -0.25) is 19.5 Å². The van der Waals surface area contributed by atoms with E-state index in [1.165, 1.54) is 0 Å². The van der Waals surface area contributed by atoms with Gasteiger partial charge in [-0.1, -0.05) is 12.5 Å². The van der Waals surface area contributed by atoms with Crippen molar-refractivity contribution < 1.29 is 4.79 Å². The minimum Gasteiger partial charge on any atom is -0.336 e. The minimum atomic E-state index is -0.0236. The number of hydrogen-bond donors (Lipinski definition) is 1. The lowest BCUT2D eigenvalue weighted by atomic mass is 9.84. The van der Waals surface area contributed by atoms with E-state index < -0.39 is 0 Å². The van der Waals surface area contributed by atoms with E-state index >= 15 is 0 Å². The van der Waals surface area contributed by atoms with Gasteiger partial charge in [0.15, 0.2) is 0 Å². The van der Waals surface area contributed by atoms with Gasteiger partial charge in [0.2, 0.25) is 5.91 Å². The first kappa shape index (κ1) is 19.4. The summed E-state index contributed by atoms with van der Waals surface area (Å²) < 4.78 is 0. The second-order valence-corrected chi connectivity index (χ2v) is 9.01. The maximum Gasteiger partial charge on any atom is 0.254 e. The molecule has 2 fully saturated rings. The lowest BCUT2D eigenvalue weighted by molar-refractivity contribution is -0.139. The number of nitrogens with one attached hydrogen (secondary N) is 1. The number of aromatic amines is 1. The van der Waals surface area contributed by atoms with E-state index in [4.69, 9.17) is 4.98 Å². The number of H-pyrrole nitrogens is 1. The number of nitrogens with zero attached hydrogens (tertiary/aromatic N) is 4. The van der Waals surface area contributed by atoms with Crippen LogP contribution in [0.5, 0.6) is 0 Å². The first-order valence-corrected chi connectivity index (χ1v) is 11.1. The number of amides is 1. The van der Waals surface area contributed by atoms with E-state index in [1.807, 2.05) is 24.0 Å². The molecule has 3 aliphatic rings. The molecule has 1 saturated heterocycles. The Morgan fingerprint density at radius 2 is 2.07 bits per heavy atom. The minimum absolute atomic E-state index is 0.0236. The molecule has 30 heavy (non-hydrogen) atoms. The van der Waals surface area contributed by atoms with Crippen LogP contribution in [0.15, 0.2) is 23.0 Å². The fraction of sp³-hybridized carbons (Fsp3) is 0.565. The van der Waals surface area contributed by atoms with Crippen molar-refractivity contribution in [3.8, 4) is 0 Å². The summed E-state index contributed by atoms with van der Waals surface area (Å²) in [6.07, 6.45) is 4.73. The monoisotopic (exact) mass is 407 g/mol. The average Bonchev–Trinajstić information content (AvgIpc) is 3.14. The van der Waals surface area contributed by atoms with E-state index in [2.05, 4.69) is 20.9 Å². The first-order valence-electron chi connectivity index (χ1n) is 11.1. The zero-order valence-electron chi connectivity index (χ0n) is 17.6. The summed E-state index contributed by atoms with van der Waals surface area (Å²) in [7, 11) is 0. The van der Waals surface area contributed by atoms with E-state index in [-0.39, 0.29) is 23.3 Å². The van der Waals surface area contributed by atoms with Crippen LogP contribution in [-0.2, 0) is 24.3 Å². The molecule has 4 heterocycles. The molecule has 1 saturated carbocycles. The van der Waals surface area contributed by atoms with Gasteiger partial charge in [0.05, 0.1) is 17.9 Å². The maximum absolute atomic E-state index is 12.7. The molecule has 1 N–H and O–H groups in total. The normalized spacial score (nSPS) is 22.0. The third-order valence-electron chi connectivity index (χ3n) is 6.85. The molecule has 1 aliphatic carbocycles. The van der Waals surface area contributed by atoms with Crippen molar-refractivity contribution >= 4 is 5.91 Å². The Hall–Kier alpha value is -2.54. The van der Waals surface area contributed by atoms with Crippen LogP contribution in [0.1, 0.15) is 60.1 Å². The molecule has 158 valence electrons. The van der Waals surface area contributed by atoms with Crippen LogP contribution in [0.25, 0.3) is 0 Å². The summed E-state index contributed by atoms with van der Waals surface area (Å²) in [5, 5.41) is 0. The third kappa shape index (κ3) is 3.78. The second-order valence-electron chi connectivity index (χ2n) is 9.01. The van der Waals surface area contributed by atoms with Crippen molar-refractivity contribution in [1.82, 2.24) is 24.8 Å². The molecule has 7 nitrogen and oxygen atoms in total. The predicted molar refractivity (Wildman–Crippen MR) is 113 cm³/mol. The Labute approximate surface area is 176 Å². The number of aryl methyl sites for hydroxylation is 1. The van der Waals surface area contributed by atoms with Gasteiger partial charge in [0.25, 0.3) is 5.56 Å². The molecule has 1 amide bonds. The molecule has 0 radical (unpaired) electrons. The predicted octanol–water partition coefficient (Wildman–Crippen LogP) is 2.15. The van der Waals surface area contributed by atoms with Crippen molar-refractivity contribution in [3.63, 3.8) is 0 Å². The molecule has 0 aromatic carbocycles. The maximum atomic E-state index is 12.7. The van der Waals surface area contributed by atoms with Crippen molar-refractivity contribution in [2.75, 3.05) is 19.6 Å². The Balaban J connectivity index is 1.29. The highest BCUT2D eigenvalue weighted by atomic mass is 16.2. The van der Waals surface area contributed by atoms with Crippen LogP contribution >= 0.6 is 0 Å². The summed E-state index contributed by atoms with van der Waals surface area (Å²) in [5.41, 5.74) is 3.64. The van der Waals surface area contributed by atoms with Crippen molar-refractivity contribution in [3.05, 3.63) is 57.0 Å². The van der Waals surface area contributed by atoms with E-state index in [0.29, 0.717) is 19.5 Å². The van der Waals surface area contributed by atoms with Crippen molar-refractivity contribution in [2.24, 2.45) is 5.92 Å². The molecule has 1 atom stereocenters. The highest BCUT2D eigenvalue weighted by Gasteiger charge is 2.33. The van der Waals surface area contributed by atoms with E-state index in [0.717, 1.165) is 73.8 Å². The summed E-state index contributed by atoms with van der Waals surface area (Å²) in [6.45, 7) is 5.77. The summed E-state index contributed by atoms with van der Waals surface area (Å²) in [6, 6.07) is 6.12. The highest BCUT2D eigenvalue weighted by Crippen LogP contribution is 2.30. The molecule has 2 aromatic rings. The SMILES string of the molecule is Cc1cccc(CN2CC[C@@H](c3nc4c(c(=O)[nH]3)CCN(C(=O)C3CCC3)C4)C2)n1. The van der Waals surface area contributed by atoms with Crippen LogP contribution in [0.4, 0.5) is 0 Å². The zero-order valence-corrected chi connectivity index (χ0v) is 17.6. The number of carbonyl (C=O) groups is 1. The van der Waals surface area contributed by atoms with Gasteiger partial charge in [-0.05, 0) is 51.3 Å². The van der Waals surface area contributed by atoms with Crippen molar-refractivity contribution in [1.29, 1.82) is 0 Å². The fourth-order valence-corrected chi connectivity index (χ4v) is 4.87. The molecule has 2 aromatic heterocycles. The summed E-state index contributed by atoms with van der Waals surface area (Å²) >= 11 is 0. The van der Waals surface area contributed by atoms with Crippen LogP contribution in [0, 0.1) is 12.8 Å². The lowest BCUT2D eigenvalue weighted by Crippen LogP contribution is -2.43. The van der Waals surface area contributed by atoms with Crippen LogP contribution in [0.3, 0.4) is 0 Å². The van der Waals surface area contributed by atoms with E-state index in [9.17, 15) is 9.59 Å². The Bertz CT molecular complexity index is 1010. The number of hydrogen-bond acceptors (Lipinski definition) is 5. The molecule has 5 rings (SSSR count). The smallest absolute Gasteiger partial charge is 0.254 e. The number of rotatable bonds is 4. The Kier molecular flexibility index (Phi) is 5.15. The third-order valence-corrected chi connectivity index (χ3v) is 6.85. The fourth-order valence-electron chi connectivity index (χ4n) is 4.87. The molecule has 7 heteroatoms. The average molecular weight is 408 g/mol. The van der Waals surface area contributed by atoms with Gasteiger partial charge >= 0.3 is 0 Å². The van der Waals surface area contributed by atoms with Crippen LogP contribution in [-0.4, -0.2) is 50.3 Å². The van der Waals surface area contributed by atoms with E-state index in [1.54, 1.807) is 0 Å². The summed E-state index contributed by atoms with van der Waals surface area (Å²) in [4.78, 5) is 42.2. The Morgan fingerprint density at radius 3 is 2.83 bits per heavy atom. The second kappa shape index (κ2) is 7.95. The van der Waals surface area contributed by atoms with Gasteiger partial charge < -0.3 is 9.88 Å². The van der Waals surface area contributed by atoms with Crippen molar-refractivity contribution in [2.45, 2.75) is 58.0 Å².